The number of amides is 2. The molecule has 3 rings (SSSR count). The molecule has 1 N–H and O–H groups in total. The zero-order valence-electron chi connectivity index (χ0n) is 15.0. The van der Waals surface area contributed by atoms with Crippen LogP contribution in [0.1, 0.15) is 44.1 Å². The van der Waals surface area contributed by atoms with E-state index in [1.54, 1.807) is 7.11 Å². The highest BCUT2D eigenvalue weighted by atomic mass is 16.5. The largest absolute Gasteiger partial charge is 0.497 e. The van der Waals surface area contributed by atoms with Crippen LogP contribution in [0.3, 0.4) is 0 Å². The molecule has 2 fully saturated rings. The third-order valence-electron chi connectivity index (χ3n) is 5.43. The van der Waals surface area contributed by atoms with Gasteiger partial charge in [0.25, 0.3) is 0 Å². The first-order valence-corrected chi connectivity index (χ1v) is 9.37. The number of nitrogens with one attached hydrogen (secondary N) is 1. The van der Waals surface area contributed by atoms with Crippen molar-refractivity contribution in [1.82, 2.24) is 10.2 Å². The van der Waals surface area contributed by atoms with Gasteiger partial charge in [-0.3, -0.25) is 9.59 Å². The maximum Gasteiger partial charge on any atom is 0.226 e. The van der Waals surface area contributed by atoms with E-state index in [2.05, 4.69) is 5.32 Å². The zero-order valence-corrected chi connectivity index (χ0v) is 15.0. The fourth-order valence-electron chi connectivity index (χ4n) is 3.81. The number of hydrogen-bond donors (Lipinski definition) is 1. The molecule has 0 bridgehead atoms. The van der Waals surface area contributed by atoms with Gasteiger partial charge in [-0.1, -0.05) is 25.0 Å². The smallest absolute Gasteiger partial charge is 0.226 e. The molecule has 2 amide bonds. The van der Waals surface area contributed by atoms with Crippen molar-refractivity contribution in [2.45, 2.75) is 51.0 Å². The maximum absolute atomic E-state index is 12.5. The van der Waals surface area contributed by atoms with Crippen molar-refractivity contribution in [3.05, 3.63) is 29.8 Å². The average Bonchev–Trinajstić information content (AvgIpc) is 3.15. The molecule has 0 atom stereocenters. The lowest BCUT2D eigenvalue weighted by atomic mass is 9.95. The molecule has 1 saturated carbocycles. The van der Waals surface area contributed by atoms with Gasteiger partial charge in [0.05, 0.1) is 13.5 Å². The molecule has 1 heterocycles. The Hall–Kier alpha value is -2.04. The van der Waals surface area contributed by atoms with Crippen molar-refractivity contribution >= 4 is 11.8 Å². The minimum Gasteiger partial charge on any atom is -0.497 e. The third-order valence-corrected chi connectivity index (χ3v) is 5.43. The molecule has 0 radical (unpaired) electrons. The van der Waals surface area contributed by atoms with Crippen molar-refractivity contribution in [1.29, 1.82) is 0 Å². The lowest BCUT2D eigenvalue weighted by Crippen LogP contribution is -2.45. The summed E-state index contributed by atoms with van der Waals surface area (Å²) in [6.45, 7) is 1.36. The summed E-state index contributed by atoms with van der Waals surface area (Å²) in [6, 6.07) is 7.99. The third kappa shape index (κ3) is 4.74. The van der Waals surface area contributed by atoms with Crippen LogP contribution < -0.4 is 10.1 Å². The molecule has 0 aromatic heterocycles. The molecule has 0 spiro atoms. The second kappa shape index (κ2) is 8.37. The molecule has 0 unspecified atom stereocenters. The van der Waals surface area contributed by atoms with E-state index < -0.39 is 0 Å². The van der Waals surface area contributed by atoms with E-state index in [-0.39, 0.29) is 17.7 Å². The number of likely N-dealkylation sites (tertiary alicyclic amines) is 1. The highest BCUT2D eigenvalue weighted by molar-refractivity contribution is 5.81. The number of methoxy groups -OCH3 is 1. The number of carbonyl (C=O) groups is 2. The molecule has 1 saturated heterocycles. The summed E-state index contributed by atoms with van der Waals surface area (Å²) >= 11 is 0. The van der Waals surface area contributed by atoms with Crippen LogP contribution in [0.2, 0.25) is 0 Å². The summed E-state index contributed by atoms with van der Waals surface area (Å²) in [5, 5.41) is 3.19. The molecule has 5 heteroatoms. The first kappa shape index (κ1) is 17.8. The zero-order chi connectivity index (χ0) is 17.6. The van der Waals surface area contributed by atoms with Crippen molar-refractivity contribution in [2.24, 2.45) is 5.92 Å². The van der Waals surface area contributed by atoms with Crippen LogP contribution >= 0.6 is 0 Å². The fraction of sp³-hybridized carbons (Fsp3) is 0.600. The fourth-order valence-corrected chi connectivity index (χ4v) is 3.81. The molecule has 1 aliphatic heterocycles. The van der Waals surface area contributed by atoms with E-state index in [4.69, 9.17) is 4.74 Å². The number of carbonyl (C=O) groups excluding carboxylic acids is 2. The number of ether oxygens (including phenoxy) is 1. The van der Waals surface area contributed by atoms with Gasteiger partial charge in [0, 0.05) is 25.0 Å². The number of hydrogen-bond acceptors (Lipinski definition) is 3. The first-order valence-electron chi connectivity index (χ1n) is 9.37. The summed E-state index contributed by atoms with van der Waals surface area (Å²) in [4.78, 5) is 26.7. The normalized spacial score (nSPS) is 19.0. The Morgan fingerprint density at radius 1 is 1.08 bits per heavy atom. The number of nitrogens with zero attached hydrogens (tertiary/aromatic N) is 1. The molecule has 136 valence electrons. The van der Waals surface area contributed by atoms with E-state index in [0.717, 1.165) is 37.0 Å². The lowest BCUT2D eigenvalue weighted by Gasteiger charge is -2.32. The standard InChI is InChI=1S/C20H28N2O3/c1-25-18-8-6-15(7-9-18)14-19(23)22-12-10-16(11-13-22)20(24)21-17-4-2-3-5-17/h6-9,16-17H,2-5,10-14H2,1H3,(H,21,24). The quantitative estimate of drug-likeness (QED) is 0.893. The Bertz CT molecular complexity index is 585. The van der Waals surface area contributed by atoms with E-state index >= 15 is 0 Å². The second-order valence-electron chi connectivity index (χ2n) is 7.17. The van der Waals surface area contributed by atoms with E-state index in [0.29, 0.717) is 25.6 Å². The Kier molecular flexibility index (Phi) is 5.95. The molecule has 1 aromatic carbocycles. The Morgan fingerprint density at radius 3 is 2.32 bits per heavy atom. The van der Waals surface area contributed by atoms with Crippen LogP contribution in [0.4, 0.5) is 0 Å². The van der Waals surface area contributed by atoms with Gasteiger partial charge in [-0.2, -0.15) is 0 Å². The summed E-state index contributed by atoms with van der Waals surface area (Å²) in [5.74, 6) is 1.19. The average molecular weight is 344 g/mol. The molecule has 1 aromatic rings. The molecule has 1 aliphatic carbocycles. The minimum absolute atomic E-state index is 0.0608. The summed E-state index contributed by atoms with van der Waals surface area (Å²) < 4.78 is 5.14. The van der Waals surface area contributed by atoms with Gasteiger partial charge in [0.15, 0.2) is 0 Å². The van der Waals surface area contributed by atoms with Crippen LogP contribution in [0.5, 0.6) is 5.75 Å². The molecule has 5 nitrogen and oxygen atoms in total. The van der Waals surface area contributed by atoms with E-state index in [9.17, 15) is 9.59 Å². The SMILES string of the molecule is COc1ccc(CC(=O)N2CCC(C(=O)NC3CCCC3)CC2)cc1. The first-order chi connectivity index (χ1) is 12.2. The summed E-state index contributed by atoms with van der Waals surface area (Å²) in [5.41, 5.74) is 0.992. The van der Waals surface area contributed by atoms with Gasteiger partial charge in [-0.25, -0.2) is 0 Å². The van der Waals surface area contributed by atoms with Crippen LogP contribution in [-0.4, -0.2) is 43.0 Å². The van der Waals surface area contributed by atoms with Gasteiger partial charge in [-0.15, -0.1) is 0 Å². The van der Waals surface area contributed by atoms with Crippen LogP contribution in [0.15, 0.2) is 24.3 Å². The second-order valence-corrected chi connectivity index (χ2v) is 7.17. The monoisotopic (exact) mass is 344 g/mol. The minimum atomic E-state index is 0.0608. The molecular weight excluding hydrogens is 316 g/mol. The predicted molar refractivity (Wildman–Crippen MR) is 96.4 cm³/mol. The van der Waals surface area contributed by atoms with Gasteiger partial charge < -0.3 is 15.0 Å². The van der Waals surface area contributed by atoms with Gasteiger partial charge in [-0.05, 0) is 43.4 Å². The molecular formula is C20H28N2O3. The Morgan fingerprint density at radius 2 is 1.72 bits per heavy atom. The van der Waals surface area contributed by atoms with E-state index in [1.807, 2.05) is 29.2 Å². The number of benzene rings is 1. The molecule has 2 aliphatic rings. The highest BCUT2D eigenvalue weighted by Gasteiger charge is 2.29. The van der Waals surface area contributed by atoms with Gasteiger partial charge >= 0.3 is 0 Å². The molecule has 25 heavy (non-hydrogen) atoms. The Labute approximate surface area is 149 Å². The van der Waals surface area contributed by atoms with Gasteiger partial charge in [0.1, 0.15) is 5.75 Å². The van der Waals surface area contributed by atoms with Crippen molar-refractivity contribution in [3.8, 4) is 5.75 Å². The van der Waals surface area contributed by atoms with Crippen LogP contribution in [-0.2, 0) is 16.0 Å². The van der Waals surface area contributed by atoms with Crippen LogP contribution in [0.25, 0.3) is 0 Å². The van der Waals surface area contributed by atoms with Crippen LogP contribution in [0, 0.1) is 5.92 Å². The van der Waals surface area contributed by atoms with Crippen molar-refractivity contribution in [2.75, 3.05) is 20.2 Å². The van der Waals surface area contributed by atoms with Crippen molar-refractivity contribution < 1.29 is 14.3 Å². The lowest BCUT2D eigenvalue weighted by molar-refractivity contribution is -0.135. The Balaban J connectivity index is 1.44. The summed E-state index contributed by atoms with van der Waals surface area (Å²) in [6.07, 6.45) is 6.63. The van der Waals surface area contributed by atoms with Crippen molar-refractivity contribution in [3.63, 3.8) is 0 Å². The number of rotatable bonds is 5. The summed E-state index contributed by atoms with van der Waals surface area (Å²) in [7, 11) is 1.63. The van der Waals surface area contributed by atoms with Gasteiger partial charge in [0.2, 0.25) is 11.8 Å². The predicted octanol–water partition coefficient (Wildman–Crippen LogP) is 2.54. The highest BCUT2D eigenvalue weighted by Crippen LogP contribution is 2.22. The number of piperidine rings is 1. The maximum atomic E-state index is 12.5. The topological polar surface area (TPSA) is 58.6 Å². The van der Waals surface area contributed by atoms with E-state index in [1.165, 1.54) is 12.8 Å².